The van der Waals surface area contributed by atoms with Crippen LogP contribution in [0.2, 0.25) is 0 Å². The SMILES string of the molecule is Cc1cccc(-c2cc(C#N)ccc2N(C)[C@@H]2CCN(c3ncnc4[nH]ccc34)C2)c1. The second-order valence-corrected chi connectivity index (χ2v) is 8.15. The van der Waals surface area contributed by atoms with Crippen LogP contribution in [-0.2, 0) is 0 Å². The van der Waals surface area contributed by atoms with E-state index in [2.05, 4.69) is 75.1 Å². The van der Waals surface area contributed by atoms with Crippen LogP contribution in [0, 0.1) is 18.3 Å². The summed E-state index contributed by atoms with van der Waals surface area (Å²) in [6.07, 6.45) is 4.58. The van der Waals surface area contributed by atoms with E-state index in [1.165, 1.54) is 5.56 Å². The Kier molecular flexibility index (Phi) is 4.79. The van der Waals surface area contributed by atoms with Gasteiger partial charge in [0.15, 0.2) is 0 Å². The van der Waals surface area contributed by atoms with Gasteiger partial charge in [-0.25, -0.2) is 9.97 Å². The lowest BCUT2D eigenvalue weighted by atomic mass is 9.98. The average Bonchev–Trinajstić information content (AvgIpc) is 3.48. The average molecular weight is 409 g/mol. The van der Waals surface area contributed by atoms with Gasteiger partial charge in [-0.2, -0.15) is 5.26 Å². The van der Waals surface area contributed by atoms with Crippen LogP contribution in [0.15, 0.2) is 61.1 Å². The lowest BCUT2D eigenvalue weighted by Gasteiger charge is -2.29. The normalized spacial score (nSPS) is 15.9. The number of fused-ring (bicyclic) bond motifs is 1. The van der Waals surface area contributed by atoms with Gasteiger partial charge in [0.1, 0.15) is 17.8 Å². The van der Waals surface area contributed by atoms with Crippen LogP contribution in [0.5, 0.6) is 0 Å². The van der Waals surface area contributed by atoms with Crippen molar-refractivity contribution in [2.75, 3.05) is 29.9 Å². The number of H-pyrrole nitrogens is 1. The molecule has 0 amide bonds. The third-order valence-electron chi connectivity index (χ3n) is 6.18. The number of nitrogens with one attached hydrogen (secondary N) is 1. The number of nitrogens with zero attached hydrogens (tertiary/aromatic N) is 5. The van der Waals surface area contributed by atoms with Gasteiger partial charge in [0.2, 0.25) is 0 Å². The second kappa shape index (κ2) is 7.77. The van der Waals surface area contributed by atoms with Crippen molar-refractivity contribution in [1.82, 2.24) is 15.0 Å². The Balaban J connectivity index is 1.46. The molecule has 1 atom stereocenters. The van der Waals surface area contributed by atoms with Gasteiger partial charge in [-0.15, -0.1) is 0 Å². The Morgan fingerprint density at radius 1 is 1.16 bits per heavy atom. The lowest BCUT2D eigenvalue weighted by Crippen LogP contribution is -2.35. The van der Waals surface area contributed by atoms with Crippen molar-refractivity contribution in [2.24, 2.45) is 0 Å². The van der Waals surface area contributed by atoms with Crippen LogP contribution in [0.4, 0.5) is 11.5 Å². The van der Waals surface area contributed by atoms with E-state index in [1.54, 1.807) is 6.33 Å². The first kappa shape index (κ1) is 19.1. The number of benzene rings is 2. The Morgan fingerprint density at radius 2 is 2.06 bits per heavy atom. The predicted octanol–water partition coefficient (Wildman–Crippen LogP) is 4.52. The zero-order valence-electron chi connectivity index (χ0n) is 17.7. The highest BCUT2D eigenvalue weighted by Gasteiger charge is 2.29. The van der Waals surface area contributed by atoms with Crippen molar-refractivity contribution in [1.29, 1.82) is 5.26 Å². The van der Waals surface area contributed by atoms with Crippen LogP contribution in [0.25, 0.3) is 22.2 Å². The number of aryl methyl sites for hydroxylation is 1. The number of nitriles is 1. The summed E-state index contributed by atoms with van der Waals surface area (Å²) < 4.78 is 0. The smallest absolute Gasteiger partial charge is 0.142 e. The first-order chi connectivity index (χ1) is 15.1. The molecular formula is C25H24N6. The number of aromatic amines is 1. The highest BCUT2D eigenvalue weighted by atomic mass is 15.3. The van der Waals surface area contributed by atoms with Crippen LogP contribution in [-0.4, -0.2) is 41.1 Å². The molecule has 0 spiro atoms. The van der Waals surface area contributed by atoms with E-state index in [4.69, 9.17) is 0 Å². The van der Waals surface area contributed by atoms with Crippen LogP contribution < -0.4 is 9.80 Å². The number of hydrogen-bond donors (Lipinski definition) is 1. The van der Waals surface area contributed by atoms with Gasteiger partial charge in [0.25, 0.3) is 0 Å². The monoisotopic (exact) mass is 408 g/mol. The molecule has 0 bridgehead atoms. The number of aromatic nitrogens is 3. The molecule has 0 unspecified atom stereocenters. The molecule has 1 fully saturated rings. The molecule has 0 radical (unpaired) electrons. The van der Waals surface area contributed by atoms with Gasteiger partial charge in [-0.3, -0.25) is 0 Å². The topological polar surface area (TPSA) is 71.8 Å². The van der Waals surface area contributed by atoms with Gasteiger partial charge < -0.3 is 14.8 Å². The minimum atomic E-state index is 0.348. The van der Waals surface area contributed by atoms with Gasteiger partial charge in [0.05, 0.1) is 17.0 Å². The summed E-state index contributed by atoms with van der Waals surface area (Å²) in [4.78, 5) is 16.7. The van der Waals surface area contributed by atoms with E-state index in [0.29, 0.717) is 11.6 Å². The minimum absolute atomic E-state index is 0.348. The third kappa shape index (κ3) is 3.49. The molecule has 6 heteroatoms. The minimum Gasteiger partial charge on any atom is -0.369 e. The van der Waals surface area contributed by atoms with Crippen LogP contribution >= 0.6 is 0 Å². The molecule has 1 N–H and O–H groups in total. The van der Waals surface area contributed by atoms with Gasteiger partial charge >= 0.3 is 0 Å². The predicted molar refractivity (Wildman–Crippen MR) is 124 cm³/mol. The Morgan fingerprint density at radius 3 is 2.90 bits per heavy atom. The molecule has 0 aliphatic carbocycles. The van der Waals surface area contributed by atoms with E-state index in [0.717, 1.165) is 53.2 Å². The highest BCUT2D eigenvalue weighted by Crippen LogP contribution is 2.35. The fourth-order valence-corrected chi connectivity index (χ4v) is 4.51. The Labute approximate surface area is 181 Å². The molecule has 1 saturated heterocycles. The molecule has 3 heterocycles. The largest absolute Gasteiger partial charge is 0.369 e. The van der Waals surface area contributed by atoms with Crippen molar-refractivity contribution in [3.05, 3.63) is 72.2 Å². The lowest BCUT2D eigenvalue weighted by molar-refractivity contribution is 0.693. The molecule has 0 saturated carbocycles. The van der Waals surface area contributed by atoms with Crippen molar-refractivity contribution >= 4 is 22.5 Å². The van der Waals surface area contributed by atoms with Crippen molar-refractivity contribution in [3.8, 4) is 17.2 Å². The molecular weight excluding hydrogens is 384 g/mol. The van der Waals surface area contributed by atoms with Crippen molar-refractivity contribution < 1.29 is 0 Å². The zero-order valence-corrected chi connectivity index (χ0v) is 17.7. The molecule has 1 aliphatic rings. The van der Waals surface area contributed by atoms with Gasteiger partial charge in [-0.05, 0) is 43.2 Å². The summed E-state index contributed by atoms with van der Waals surface area (Å²) in [6.45, 7) is 3.93. The molecule has 154 valence electrons. The standard InChI is InChI=1S/C25H24N6/c1-17-4-3-5-19(12-17)22-13-18(14-26)6-7-23(22)30(2)20-9-11-31(15-20)25-21-8-10-27-24(21)28-16-29-25/h3-8,10,12-13,16,20H,9,11,15H2,1-2H3,(H,27,28,29)/t20-/m1/s1. The fraction of sp³-hybridized carbons (Fsp3) is 0.240. The van der Waals surface area contributed by atoms with Crippen LogP contribution in [0.3, 0.4) is 0 Å². The maximum absolute atomic E-state index is 9.45. The zero-order chi connectivity index (χ0) is 21.4. The van der Waals surface area contributed by atoms with Crippen LogP contribution in [0.1, 0.15) is 17.5 Å². The van der Waals surface area contributed by atoms with E-state index >= 15 is 0 Å². The summed E-state index contributed by atoms with van der Waals surface area (Å²) in [6, 6.07) is 19.1. The molecule has 31 heavy (non-hydrogen) atoms. The highest BCUT2D eigenvalue weighted by molar-refractivity contribution is 5.87. The molecule has 1 aliphatic heterocycles. The van der Waals surface area contributed by atoms with E-state index < -0.39 is 0 Å². The summed E-state index contributed by atoms with van der Waals surface area (Å²) in [5.41, 5.74) is 6.14. The maximum Gasteiger partial charge on any atom is 0.142 e. The quantitative estimate of drug-likeness (QED) is 0.538. The summed E-state index contributed by atoms with van der Waals surface area (Å²) in [7, 11) is 2.15. The summed E-state index contributed by atoms with van der Waals surface area (Å²) in [5.74, 6) is 0.987. The summed E-state index contributed by atoms with van der Waals surface area (Å²) in [5, 5.41) is 10.5. The second-order valence-electron chi connectivity index (χ2n) is 8.15. The summed E-state index contributed by atoms with van der Waals surface area (Å²) >= 11 is 0. The number of hydrogen-bond acceptors (Lipinski definition) is 5. The fourth-order valence-electron chi connectivity index (χ4n) is 4.51. The molecule has 2 aromatic carbocycles. The molecule has 6 nitrogen and oxygen atoms in total. The number of anilines is 2. The van der Waals surface area contributed by atoms with E-state index in [-0.39, 0.29) is 0 Å². The molecule has 5 rings (SSSR count). The van der Waals surface area contributed by atoms with Gasteiger partial charge in [0, 0.05) is 43.6 Å². The van der Waals surface area contributed by atoms with E-state index in [9.17, 15) is 5.26 Å². The molecule has 2 aromatic heterocycles. The van der Waals surface area contributed by atoms with Gasteiger partial charge in [-0.1, -0.05) is 29.8 Å². The molecule has 4 aromatic rings. The van der Waals surface area contributed by atoms with Crippen molar-refractivity contribution in [3.63, 3.8) is 0 Å². The maximum atomic E-state index is 9.45. The number of rotatable bonds is 4. The first-order valence-electron chi connectivity index (χ1n) is 10.5. The Bertz CT molecular complexity index is 1280. The van der Waals surface area contributed by atoms with E-state index in [1.807, 2.05) is 24.4 Å². The first-order valence-corrected chi connectivity index (χ1v) is 10.5. The third-order valence-corrected chi connectivity index (χ3v) is 6.18. The van der Waals surface area contributed by atoms with Crippen molar-refractivity contribution in [2.45, 2.75) is 19.4 Å². The Hall–Kier alpha value is -3.85. The number of likely N-dealkylation sites (N-methyl/N-ethyl adjacent to an activating group) is 1.